The van der Waals surface area contributed by atoms with Crippen LogP contribution in [0.5, 0.6) is 23.0 Å². The Labute approximate surface area is 531 Å². The van der Waals surface area contributed by atoms with Crippen LogP contribution < -0.4 is 18.9 Å². The molecule has 0 saturated heterocycles. The molecule has 4 aromatic carbocycles. The lowest BCUT2D eigenvalue weighted by Gasteiger charge is -2.09. The Kier molecular flexibility index (Phi) is 37.8. The summed E-state index contributed by atoms with van der Waals surface area (Å²) < 4.78 is 54.3. The van der Waals surface area contributed by atoms with Gasteiger partial charge < -0.3 is 47.4 Å². The quantitative estimate of drug-likeness (QED) is 0.0132. The summed E-state index contributed by atoms with van der Waals surface area (Å²) in [6.07, 6.45) is 21.7. The van der Waals surface area contributed by atoms with E-state index in [2.05, 4.69) is 13.2 Å². The molecule has 0 aromatic heterocycles. The molecule has 0 aliphatic rings. The fourth-order valence-corrected chi connectivity index (χ4v) is 8.82. The number of unbranched alkanes of at least 4 members (excludes halogenated alkanes) is 19. The van der Waals surface area contributed by atoms with Crippen LogP contribution in [0.3, 0.4) is 0 Å². The van der Waals surface area contributed by atoms with Crippen molar-refractivity contribution in [1.82, 2.24) is 0 Å². The summed E-state index contributed by atoms with van der Waals surface area (Å²) in [5.41, 5.74) is 2.19. The van der Waals surface area contributed by atoms with E-state index in [9.17, 15) is 38.4 Å². The molecule has 0 amide bonds. The van der Waals surface area contributed by atoms with E-state index in [0.29, 0.717) is 122 Å². The van der Waals surface area contributed by atoms with Crippen LogP contribution in [0.2, 0.25) is 0 Å². The Morgan fingerprint density at radius 1 is 0.267 bits per heavy atom. The third-order valence-corrected chi connectivity index (χ3v) is 14.1. The highest BCUT2D eigenvalue weighted by Crippen LogP contribution is 2.21. The molecular weight excluding hydrogens is 1150 g/mol. The first-order chi connectivity index (χ1) is 43.7. The lowest BCUT2D eigenvalue weighted by atomic mass is 10.1. The molecule has 0 unspecified atom stereocenters. The molecule has 18 nitrogen and oxygen atoms in total. The van der Waals surface area contributed by atoms with E-state index in [1.54, 1.807) is 111 Å². The number of esters is 8. The molecule has 18 heteroatoms. The van der Waals surface area contributed by atoms with Crippen molar-refractivity contribution >= 4 is 47.8 Å². The average molecular weight is 1250 g/mol. The highest BCUT2D eigenvalue weighted by molar-refractivity contribution is 5.93. The van der Waals surface area contributed by atoms with Crippen molar-refractivity contribution in [1.29, 1.82) is 0 Å². The van der Waals surface area contributed by atoms with Crippen LogP contribution in [-0.2, 0) is 47.6 Å². The Balaban J connectivity index is 0.867. The van der Waals surface area contributed by atoms with Gasteiger partial charge in [-0.05, 0) is 226 Å². The molecule has 0 radical (unpaired) electrons. The SMILES string of the molecule is C=C(C)C(=O)OCCCCCCOc1ccc(C(=O)Oc2ccc(C(=O)OCCCCCCOC(=O)CCCCCCCCCCC(=O)OCCCCCCOC(=O)c3ccc(OC(=O)c4ccc(OCCCCCCOC(=O)C(=C)C)cc4)cc3)cc2)cc1. The summed E-state index contributed by atoms with van der Waals surface area (Å²) in [7, 11) is 0. The molecule has 4 aromatic rings. The number of carbonyl (C=O) groups is 8. The average Bonchev–Trinajstić information content (AvgIpc) is 3.53. The summed E-state index contributed by atoms with van der Waals surface area (Å²) in [4.78, 5) is 97.8. The molecule has 0 fully saturated rings. The highest BCUT2D eigenvalue weighted by atomic mass is 16.6. The van der Waals surface area contributed by atoms with Gasteiger partial charge in [0.1, 0.15) is 23.0 Å². The fraction of sp³-hybridized carbons (Fsp3) is 0.500. The van der Waals surface area contributed by atoms with Crippen molar-refractivity contribution in [2.75, 3.05) is 52.9 Å². The van der Waals surface area contributed by atoms with Crippen molar-refractivity contribution in [3.63, 3.8) is 0 Å². The van der Waals surface area contributed by atoms with Gasteiger partial charge >= 0.3 is 47.8 Å². The number of ether oxygens (including phenoxy) is 10. The second-order valence-corrected chi connectivity index (χ2v) is 22.1. The molecular formula is C72H94O18. The molecule has 0 spiro atoms. The van der Waals surface area contributed by atoms with E-state index in [1.165, 1.54) is 0 Å². The van der Waals surface area contributed by atoms with Gasteiger partial charge in [-0.15, -0.1) is 0 Å². The molecule has 0 N–H and O–H groups in total. The fourth-order valence-electron chi connectivity index (χ4n) is 8.82. The number of rotatable bonds is 49. The van der Waals surface area contributed by atoms with Crippen molar-refractivity contribution in [2.24, 2.45) is 0 Å². The molecule has 0 aliphatic carbocycles. The second kappa shape index (κ2) is 45.9. The lowest BCUT2D eigenvalue weighted by Crippen LogP contribution is -2.09. The molecule has 0 atom stereocenters. The Morgan fingerprint density at radius 3 is 0.800 bits per heavy atom. The number of benzene rings is 4. The summed E-state index contributed by atoms with van der Waals surface area (Å²) in [5, 5.41) is 0. The van der Waals surface area contributed by atoms with Gasteiger partial charge in [-0.3, -0.25) is 9.59 Å². The van der Waals surface area contributed by atoms with Crippen LogP contribution in [0.15, 0.2) is 121 Å². The maximum Gasteiger partial charge on any atom is 0.343 e. The first kappa shape index (κ1) is 74.2. The standard InChI is InChI=1S/C72H94O18/c1-55(2)67(75)85-51-25-15-11-21-47-81-61-39-31-59(32-40-61)71(79)89-63-43-35-57(36-44-63)69(77)87-53-27-17-13-23-49-83-65(73)29-19-9-7-5-6-8-10-20-30-66(74)84-50-24-14-18-28-54-88-70(78)58-37-45-64(46-38-58)90-72(80)60-33-41-62(42-34-60)82-48-22-12-16-26-52-86-68(76)56(3)4/h31-46H,1,3,5-30,47-54H2,2,4H3. The summed E-state index contributed by atoms with van der Waals surface area (Å²) in [6.45, 7) is 13.4. The minimum absolute atomic E-state index is 0.178. The van der Waals surface area contributed by atoms with Crippen LogP contribution in [0.1, 0.15) is 222 Å². The minimum Gasteiger partial charge on any atom is -0.494 e. The van der Waals surface area contributed by atoms with Crippen LogP contribution in [0, 0.1) is 0 Å². The first-order valence-corrected chi connectivity index (χ1v) is 32.1. The highest BCUT2D eigenvalue weighted by Gasteiger charge is 2.15. The molecule has 0 heterocycles. The number of hydrogen-bond acceptors (Lipinski definition) is 18. The van der Waals surface area contributed by atoms with Crippen LogP contribution in [0.25, 0.3) is 0 Å². The van der Waals surface area contributed by atoms with Crippen molar-refractivity contribution in [3.8, 4) is 23.0 Å². The first-order valence-electron chi connectivity index (χ1n) is 32.1. The third kappa shape index (κ3) is 33.9. The zero-order chi connectivity index (χ0) is 64.8. The van der Waals surface area contributed by atoms with Crippen molar-refractivity contribution < 1.29 is 85.7 Å². The third-order valence-electron chi connectivity index (χ3n) is 14.1. The predicted molar refractivity (Wildman–Crippen MR) is 341 cm³/mol. The maximum absolute atomic E-state index is 12.7. The van der Waals surface area contributed by atoms with E-state index < -0.39 is 23.9 Å². The Bertz CT molecular complexity index is 2600. The Hall–Kier alpha value is -8.28. The van der Waals surface area contributed by atoms with E-state index in [0.717, 1.165) is 141 Å². The molecule has 90 heavy (non-hydrogen) atoms. The Morgan fingerprint density at radius 2 is 0.500 bits per heavy atom. The van der Waals surface area contributed by atoms with Gasteiger partial charge in [0.25, 0.3) is 0 Å². The predicted octanol–water partition coefficient (Wildman–Crippen LogP) is 15.4. The molecule has 0 aliphatic heterocycles. The normalized spacial score (nSPS) is 10.7. The van der Waals surface area contributed by atoms with Crippen molar-refractivity contribution in [2.45, 2.75) is 181 Å². The van der Waals surface area contributed by atoms with Gasteiger partial charge in [0.05, 0.1) is 75.1 Å². The van der Waals surface area contributed by atoms with Gasteiger partial charge in [-0.2, -0.15) is 0 Å². The van der Waals surface area contributed by atoms with E-state index in [-0.39, 0.29) is 37.1 Å². The van der Waals surface area contributed by atoms with Crippen LogP contribution in [-0.4, -0.2) is 101 Å². The van der Waals surface area contributed by atoms with Gasteiger partial charge in [-0.25, -0.2) is 28.8 Å². The van der Waals surface area contributed by atoms with Crippen LogP contribution in [0.4, 0.5) is 0 Å². The van der Waals surface area contributed by atoms with Crippen LogP contribution >= 0.6 is 0 Å². The van der Waals surface area contributed by atoms with Gasteiger partial charge in [0, 0.05) is 24.0 Å². The largest absolute Gasteiger partial charge is 0.494 e. The topological polar surface area (TPSA) is 229 Å². The molecule has 4 rings (SSSR count). The lowest BCUT2D eigenvalue weighted by molar-refractivity contribution is -0.144. The summed E-state index contributed by atoms with van der Waals surface area (Å²) >= 11 is 0. The molecule has 490 valence electrons. The van der Waals surface area contributed by atoms with Gasteiger partial charge in [-0.1, -0.05) is 51.7 Å². The zero-order valence-electron chi connectivity index (χ0n) is 53.0. The van der Waals surface area contributed by atoms with Gasteiger partial charge in [0.15, 0.2) is 0 Å². The maximum atomic E-state index is 12.7. The van der Waals surface area contributed by atoms with E-state index in [4.69, 9.17) is 47.4 Å². The smallest absolute Gasteiger partial charge is 0.343 e. The summed E-state index contributed by atoms with van der Waals surface area (Å²) in [6, 6.07) is 25.8. The van der Waals surface area contributed by atoms with Gasteiger partial charge in [0.2, 0.25) is 0 Å². The summed E-state index contributed by atoms with van der Waals surface area (Å²) in [5.74, 6) is -1.22. The minimum atomic E-state index is -0.538. The second-order valence-electron chi connectivity index (χ2n) is 22.1. The zero-order valence-corrected chi connectivity index (χ0v) is 53.0. The monoisotopic (exact) mass is 1250 g/mol. The molecule has 0 saturated carbocycles. The van der Waals surface area contributed by atoms with E-state index in [1.807, 2.05) is 0 Å². The van der Waals surface area contributed by atoms with E-state index >= 15 is 0 Å². The number of carbonyl (C=O) groups excluding carboxylic acids is 8. The number of hydrogen-bond donors (Lipinski definition) is 0. The molecule has 0 bridgehead atoms. The van der Waals surface area contributed by atoms with Crippen molar-refractivity contribution in [3.05, 3.63) is 144 Å².